The van der Waals surface area contributed by atoms with Crippen LogP contribution in [0.4, 0.5) is 5.95 Å². The van der Waals surface area contributed by atoms with Gasteiger partial charge in [-0.05, 0) is 12.1 Å². The van der Waals surface area contributed by atoms with E-state index in [1.54, 1.807) is 12.3 Å². The monoisotopic (exact) mass is 272 g/mol. The molecule has 2 aromatic rings. The van der Waals surface area contributed by atoms with Crippen molar-refractivity contribution in [3.8, 4) is 0 Å². The number of anilines is 1. The van der Waals surface area contributed by atoms with Gasteiger partial charge in [0, 0.05) is 18.8 Å². The average molecular weight is 272 g/mol. The van der Waals surface area contributed by atoms with Crippen LogP contribution in [0.1, 0.15) is 39.8 Å². The van der Waals surface area contributed by atoms with Crippen molar-refractivity contribution >= 4 is 17.9 Å². The van der Waals surface area contributed by atoms with E-state index in [0.717, 1.165) is 12.0 Å². The van der Waals surface area contributed by atoms with Crippen LogP contribution in [0.2, 0.25) is 0 Å². The van der Waals surface area contributed by atoms with E-state index in [1.807, 2.05) is 6.07 Å². The lowest BCUT2D eigenvalue weighted by molar-refractivity contribution is 0.0958. The van der Waals surface area contributed by atoms with Gasteiger partial charge in [0.05, 0.1) is 23.7 Å². The smallest absolute Gasteiger partial charge is 0.220 e. The minimum atomic E-state index is -0.109. The molecule has 0 spiro atoms. The summed E-state index contributed by atoms with van der Waals surface area (Å²) < 4.78 is 5.35. The van der Waals surface area contributed by atoms with Crippen molar-refractivity contribution in [1.29, 1.82) is 0 Å². The lowest BCUT2D eigenvalue weighted by atomic mass is 9.84. The first-order valence-corrected chi connectivity index (χ1v) is 6.09. The molecule has 1 aliphatic carbocycles. The van der Waals surface area contributed by atoms with Gasteiger partial charge in [-0.25, -0.2) is 9.97 Å². The van der Waals surface area contributed by atoms with E-state index in [0.29, 0.717) is 24.1 Å². The Morgan fingerprint density at radius 2 is 2.30 bits per heavy atom. The van der Waals surface area contributed by atoms with Crippen LogP contribution in [-0.2, 0) is 6.42 Å². The van der Waals surface area contributed by atoms with E-state index in [4.69, 9.17) is 15.4 Å². The van der Waals surface area contributed by atoms with Crippen LogP contribution in [-0.4, -0.2) is 27.2 Å². The molecule has 0 aliphatic heterocycles. The van der Waals surface area contributed by atoms with Gasteiger partial charge in [0.2, 0.25) is 5.95 Å². The highest BCUT2D eigenvalue weighted by atomic mass is 16.4. The summed E-state index contributed by atoms with van der Waals surface area (Å²) in [5.41, 5.74) is 6.81. The van der Waals surface area contributed by atoms with Gasteiger partial charge in [-0.3, -0.25) is 4.79 Å². The number of rotatable bonds is 2. The van der Waals surface area contributed by atoms with Crippen LogP contribution >= 0.6 is 0 Å². The van der Waals surface area contributed by atoms with E-state index < -0.39 is 0 Å². The molecule has 1 atom stereocenters. The number of fused-ring (bicyclic) bond motifs is 1. The maximum absolute atomic E-state index is 12.3. The molecule has 0 aromatic carbocycles. The van der Waals surface area contributed by atoms with Crippen LogP contribution < -0.4 is 5.73 Å². The Balaban J connectivity index is 2.06. The molecule has 1 aliphatic rings. The summed E-state index contributed by atoms with van der Waals surface area (Å²) in [6.45, 7) is 0. The topological polar surface area (TPSA) is 115 Å². The summed E-state index contributed by atoms with van der Waals surface area (Å²) >= 11 is 0. The summed E-state index contributed by atoms with van der Waals surface area (Å²) in [5.74, 6) is 0.630. The summed E-state index contributed by atoms with van der Waals surface area (Å²) in [4.78, 5) is 20.3. The molecule has 0 saturated heterocycles. The van der Waals surface area contributed by atoms with Gasteiger partial charge in [-0.1, -0.05) is 5.16 Å². The third kappa shape index (κ3) is 2.03. The number of nitrogens with two attached hydrogens (primary N) is 1. The number of aromatic nitrogens is 2. The van der Waals surface area contributed by atoms with E-state index in [9.17, 15) is 4.79 Å². The van der Waals surface area contributed by atoms with Crippen molar-refractivity contribution in [2.24, 2.45) is 5.16 Å². The standard InChI is InChI=1S/C13H12N4O3/c14-13-16-8-4-7(11-2-1-3-20-11)5-10(18)12(8)9(17-13)6-15-19/h1-3,6-7,19H,4-5H2,(H2,14,16,17). The summed E-state index contributed by atoms with van der Waals surface area (Å²) in [6.07, 6.45) is 3.52. The van der Waals surface area contributed by atoms with E-state index in [1.165, 1.54) is 0 Å². The summed E-state index contributed by atoms with van der Waals surface area (Å²) in [6, 6.07) is 3.62. The Hall–Kier alpha value is -2.70. The molecule has 3 rings (SSSR count). The molecular weight excluding hydrogens is 260 g/mol. The third-order valence-electron chi connectivity index (χ3n) is 3.31. The Bertz CT molecular complexity index is 679. The minimum Gasteiger partial charge on any atom is -0.469 e. The van der Waals surface area contributed by atoms with Gasteiger partial charge in [0.15, 0.2) is 5.78 Å². The molecule has 3 N–H and O–H groups in total. The molecular formula is C13H12N4O3. The summed E-state index contributed by atoms with van der Waals surface area (Å²) in [7, 11) is 0. The molecule has 2 heterocycles. The molecule has 102 valence electrons. The fraction of sp³-hybridized carbons (Fsp3) is 0.231. The van der Waals surface area contributed by atoms with Crippen LogP contribution in [0, 0.1) is 0 Å². The molecule has 0 saturated carbocycles. The van der Waals surface area contributed by atoms with Crippen LogP contribution in [0.3, 0.4) is 0 Å². The predicted molar refractivity (Wildman–Crippen MR) is 69.9 cm³/mol. The van der Waals surface area contributed by atoms with Crippen molar-refractivity contribution < 1.29 is 14.4 Å². The number of ketones is 1. The highest BCUT2D eigenvalue weighted by Gasteiger charge is 2.31. The number of nitrogens with zero attached hydrogens (tertiary/aromatic N) is 3. The minimum absolute atomic E-state index is 0.0477. The zero-order chi connectivity index (χ0) is 14.1. The van der Waals surface area contributed by atoms with Gasteiger partial charge in [-0.2, -0.15) is 0 Å². The van der Waals surface area contributed by atoms with Crippen molar-refractivity contribution in [2.75, 3.05) is 5.73 Å². The Labute approximate surface area is 114 Å². The van der Waals surface area contributed by atoms with E-state index >= 15 is 0 Å². The first kappa shape index (κ1) is 12.3. The lowest BCUT2D eigenvalue weighted by Crippen LogP contribution is -2.23. The van der Waals surface area contributed by atoms with Gasteiger partial charge < -0.3 is 15.4 Å². The van der Waals surface area contributed by atoms with E-state index in [-0.39, 0.29) is 23.3 Å². The number of furan rings is 1. The summed E-state index contributed by atoms with van der Waals surface area (Å²) in [5, 5.41) is 11.6. The molecule has 0 bridgehead atoms. The molecule has 0 amide bonds. The average Bonchev–Trinajstić information content (AvgIpc) is 2.91. The molecule has 0 radical (unpaired) electrons. The highest BCUT2D eigenvalue weighted by Crippen LogP contribution is 2.33. The van der Waals surface area contributed by atoms with Crippen molar-refractivity contribution in [3.63, 3.8) is 0 Å². The molecule has 2 aromatic heterocycles. The van der Waals surface area contributed by atoms with Gasteiger partial charge in [-0.15, -0.1) is 0 Å². The number of Topliss-reactive ketones (excluding diaryl/α,β-unsaturated/α-hetero) is 1. The highest BCUT2D eigenvalue weighted by molar-refractivity contribution is 6.04. The first-order valence-electron chi connectivity index (χ1n) is 6.09. The zero-order valence-corrected chi connectivity index (χ0v) is 10.5. The largest absolute Gasteiger partial charge is 0.469 e. The number of nitrogen functional groups attached to an aromatic ring is 1. The molecule has 0 fully saturated rings. The van der Waals surface area contributed by atoms with Crippen molar-refractivity contribution in [2.45, 2.75) is 18.8 Å². The van der Waals surface area contributed by atoms with Crippen LogP contribution in [0.5, 0.6) is 0 Å². The number of carbonyl (C=O) groups is 1. The quantitative estimate of drug-likeness (QED) is 0.484. The van der Waals surface area contributed by atoms with Gasteiger partial charge in [0.1, 0.15) is 11.5 Å². The van der Waals surface area contributed by atoms with E-state index in [2.05, 4.69) is 15.1 Å². The molecule has 7 heteroatoms. The SMILES string of the molecule is Nc1nc(C=NO)c2c(n1)CC(c1ccco1)CC2=O. The lowest BCUT2D eigenvalue weighted by Gasteiger charge is -2.22. The number of hydrogen-bond donors (Lipinski definition) is 2. The van der Waals surface area contributed by atoms with Crippen LogP contribution in [0.15, 0.2) is 28.0 Å². The molecule has 7 nitrogen and oxygen atoms in total. The molecule has 1 unspecified atom stereocenters. The fourth-order valence-electron chi connectivity index (χ4n) is 2.50. The number of hydrogen-bond acceptors (Lipinski definition) is 7. The Kier molecular flexibility index (Phi) is 2.94. The zero-order valence-electron chi connectivity index (χ0n) is 10.5. The maximum atomic E-state index is 12.3. The Morgan fingerprint density at radius 1 is 1.45 bits per heavy atom. The number of oxime groups is 1. The van der Waals surface area contributed by atoms with Gasteiger partial charge >= 0.3 is 0 Å². The predicted octanol–water partition coefficient (Wildman–Crippen LogP) is 1.37. The maximum Gasteiger partial charge on any atom is 0.220 e. The Morgan fingerprint density at radius 3 is 3.00 bits per heavy atom. The number of carbonyl (C=O) groups excluding carboxylic acids is 1. The second-order valence-electron chi connectivity index (χ2n) is 4.58. The first-order chi connectivity index (χ1) is 9.69. The third-order valence-corrected chi connectivity index (χ3v) is 3.31. The molecule has 20 heavy (non-hydrogen) atoms. The second kappa shape index (κ2) is 4.76. The van der Waals surface area contributed by atoms with Crippen molar-refractivity contribution in [1.82, 2.24) is 9.97 Å². The van der Waals surface area contributed by atoms with Crippen LogP contribution in [0.25, 0.3) is 0 Å². The normalized spacial score (nSPS) is 18.4. The van der Waals surface area contributed by atoms with Crippen molar-refractivity contribution in [3.05, 3.63) is 41.1 Å². The second-order valence-corrected chi connectivity index (χ2v) is 4.58. The fourth-order valence-corrected chi connectivity index (χ4v) is 2.50. The van der Waals surface area contributed by atoms with Gasteiger partial charge in [0.25, 0.3) is 0 Å².